The van der Waals surface area contributed by atoms with Crippen molar-refractivity contribution in [2.75, 3.05) is 6.54 Å². The lowest BCUT2D eigenvalue weighted by molar-refractivity contribution is -0.139. The van der Waals surface area contributed by atoms with Crippen molar-refractivity contribution in [3.05, 3.63) is 0 Å². The zero-order valence-corrected chi connectivity index (χ0v) is 12.8. The molecule has 0 fully saturated rings. The van der Waals surface area contributed by atoms with Crippen LogP contribution in [0.2, 0.25) is 0 Å². The fourth-order valence-electron chi connectivity index (χ4n) is 1.82. The van der Waals surface area contributed by atoms with Gasteiger partial charge in [0.05, 0.1) is 0 Å². The summed E-state index contributed by atoms with van der Waals surface area (Å²) in [7, 11) is 0. The lowest BCUT2D eigenvalue weighted by Gasteiger charge is -2.30. The summed E-state index contributed by atoms with van der Waals surface area (Å²) in [4.78, 5) is 25.0. The number of nitrogens with zero attached hydrogens (tertiary/aromatic N) is 1. The molecule has 0 radical (unpaired) electrons. The van der Waals surface area contributed by atoms with Gasteiger partial charge in [-0.25, -0.2) is 9.59 Å². The zero-order valence-electron chi connectivity index (χ0n) is 12.8. The number of nitrogens with one attached hydrogen (secondary N) is 1. The van der Waals surface area contributed by atoms with Crippen LogP contribution in [0.25, 0.3) is 0 Å². The van der Waals surface area contributed by atoms with Gasteiger partial charge in [0.2, 0.25) is 0 Å². The van der Waals surface area contributed by atoms with Gasteiger partial charge >= 0.3 is 12.0 Å². The van der Waals surface area contributed by atoms with E-state index < -0.39 is 12.0 Å². The van der Waals surface area contributed by atoms with Gasteiger partial charge in [-0.1, -0.05) is 33.6 Å². The summed E-state index contributed by atoms with van der Waals surface area (Å²) in [6, 6.07) is -1.02. The van der Waals surface area contributed by atoms with Crippen molar-refractivity contribution in [2.45, 2.75) is 66.0 Å². The Morgan fingerprint density at radius 1 is 1.21 bits per heavy atom. The highest BCUT2D eigenvalue weighted by Gasteiger charge is 2.24. The van der Waals surface area contributed by atoms with Gasteiger partial charge in [0.15, 0.2) is 0 Å². The normalized spacial score (nSPS) is 12.6. The van der Waals surface area contributed by atoms with Crippen LogP contribution in [-0.2, 0) is 4.79 Å². The van der Waals surface area contributed by atoms with Crippen LogP contribution in [0.1, 0.15) is 53.9 Å². The van der Waals surface area contributed by atoms with Crippen molar-refractivity contribution in [1.29, 1.82) is 0 Å². The largest absolute Gasteiger partial charge is 0.480 e. The minimum Gasteiger partial charge on any atom is -0.480 e. The molecule has 2 N–H and O–H groups in total. The van der Waals surface area contributed by atoms with Gasteiger partial charge < -0.3 is 15.3 Å². The maximum absolute atomic E-state index is 12.1. The summed E-state index contributed by atoms with van der Waals surface area (Å²) in [5, 5.41) is 11.7. The molecule has 0 saturated heterocycles. The van der Waals surface area contributed by atoms with Crippen molar-refractivity contribution in [3.63, 3.8) is 0 Å². The van der Waals surface area contributed by atoms with Crippen LogP contribution >= 0.6 is 0 Å². The molecule has 0 saturated carbocycles. The number of carbonyl (C=O) groups is 2. The first-order valence-corrected chi connectivity index (χ1v) is 7.09. The summed E-state index contributed by atoms with van der Waals surface area (Å²) in [5.41, 5.74) is 0. The van der Waals surface area contributed by atoms with Crippen LogP contribution in [0.3, 0.4) is 0 Å². The fraction of sp³-hybridized carbons (Fsp3) is 0.857. The molecule has 0 heterocycles. The standard InChI is InChI=1S/C14H28N2O3/c1-6-7-8-12(13(17)18)15-14(19)16(11(4)5)9-10(2)3/h10-12H,6-9H2,1-5H3,(H,15,19)(H,17,18). The predicted octanol–water partition coefficient (Wildman–Crippen LogP) is 2.71. The third-order valence-electron chi connectivity index (χ3n) is 2.89. The van der Waals surface area contributed by atoms with Crippen LogP contribution < -0.4 is 5.32 Å². The minimum atomic E-state index is -0.963. The topological polar surface area (TPSA) is 69.6 Å². The van der Waals surface area contributed by atoms with Crippen LogP contribution in [0, 0.1) is 5.92 Å². The molecular weight excluding hydrogens is 244 g/mol. The van der Waals surface area contributed by atoms with E-state index in [1.165, 1.54) is 0 Å². The molecule has 0 aromatic carbocycles. The van der Waals surface area contributed by atoms with Crippen LogP contribution in [0.15, 0.2) is 0 Å². The van der Waals surface area contributed by atoms with Crippen molar-refractivity contribution >= 4 is 12.0 Å². The SMILES string of the molecule is CCCCC(NC(=O)N(CC(C)C)C(C)C)C(=O)O. The number of urea groups is 1. The van der Waals surface area contributed by atoms with Crippen molar-refractivity contribution < 1.29 is 14.7 Å². The number of hydrogen-bond acceptors (Lipinski definition) is 2. The first-order valence-electron chi connectivity index (χ1n) is 7.09. The molecule has 0 rings (SSSR count). The average molecular weight is 272 g/mol. The van der Waals surface area contributed by atoms with Gasteiger partial charge in [-0.2, -0.15) is 0 Å². The van der Waals surface area contributed by atoms with Crippen molar-refractivity contribution in [2.24, 2.45) is 5.92 Å². The smallest absolute Gasteiger partial charge is 0.326 e. The fourth-order valence-corrected chi connectivity index (χ4v) is 1.82. The van der Waals surface area contributed by atoms with Crippen molar-refractivity contribution in [1.82, 2.24) is 10.2 Å². The molecule has 1 unspecified atom stereocenters. The van der Waals surface area contributed by atoms with E-state index in [4.69, 9.17) is 5.11 Å². The molecule has 1 atom stereocenters. The molecule has 112 valence electrons. The van der Waals surface area contributed by atoms with E-state index in [2.05, 4.69) is 5.32 Å². The molecule has 0 aliphatic heterocycles. The number of carboxylic acids is 1. The Labute approximate surface area is 116 Å². The molecule has 0 bridgehead atoms. The number of aliphatic carboxylic acids is 1. The maximum atomic E-state index is 12.1. The molecule has 5 heteroatoms. The van der Waals surface area contributed by atoms with Crippen LogP contribution in [-0.4, -0.2) is 40.6 Å². The quantitative estimate of drug-likeness (QED) is 0.713. The van der Waals surface area contributed by atoms with E-state index in [0.717, 1.165) is 12.8 Å². The van der Waals surface area contributed by atoms with Gasteiger partial charge in [-0.05, 0) is 26.2 Å². The Morgan fingerprint density at radius 3 is 2.16 bits per heavy atom. The van der Waals surface area contributed by atoms with Gasteiger partial charge in [0.1, 0.15) is 6.04 Å². The van der Waals surface area contributed by atoms with Crippen molar-refractivity contribution in [3.8, 4) is 0 Å². The third-order valence-corrected chi connectivity index (χ3v) is 2.89. The van der Waals surface area contributed by atoms with Gasteiger partial charge in [0, 0.05) is 12.6 Å². The van der Waals surface area contributed by atoms with E-state index in [0.29, 0.717) is 18.9 Å². The van der Waals surface area contributed by atoms with Crippen LogP contribution in [0.5, 0.6) is 0 Å². The van der Waals surface area contributed by atoms with Gasteiger partial charge in [-0.3, -0.25) is 0 Å². The van der Waals surface area contributed by atoms with Crippen LogP contribution in [0.4, 0.5) is 4.79 Å². The summed E-state index contributed by atoms with van der Waals surface area (Å²) in [6.07, 6.45) is 2.19. The Hall–Kier alpha value is -1.26. The highest BCUT2D eigenvalue weighted by Crippen LogP contribution is 2.07. The zero-order chi connectivity index (χ0) is 15.0. The highest BCUT2D eigenvalue weighted by molar-refractivity contribution is 5.82. The molecule has 2 amide bonds. The minimum absolute atomic E-state index is 0.0584. The Bertz CT molecular complexity index is 290. The third kappa shape index (κ3) is 7.03. The molecule has 0 aromatic rings. The van der Waals surface area contributed by atoms with Gasteiger partial charge in [0.25, 0.3) is 0 Å². The summed E-state index contributed by atoms with van der Waals surface area (Å²) >= 11 is 0. The molecular formula is C14H28N2O3. The van der Waals surface area contributed by atoms with E-state index in [1.807, 2.05) is 34.6 Å². The molecule has 19 heavy (non-hydrogen) atoms. The lowest BCUT2D eigenvalue weighted by Crippen LogP contribution is -2.51. The first-order chi connectivity index (χ1) is 8.79. The number of carbonyl (C=O) groups excluding carboxylic acids is 1. The van der Waals surface area contributed by atoms with E-state index >= 15 is 0 Å². The number of unbranched alkanes of at least 4 members (excludes halogenated alkanes) is 1. The first kappa shape index (κ1) is 17.7. The molecule has 5 nitrogen and oxygen atoms in total. The average Bonchev–Trinajstić information content (AvgIpc) is 2.30. The Kier molecular flexibility index (Phi) is 8.19. The Morgan fingerprint density at radius 2 is 1.79 bits per heavy atom. The van der Waals surface area contributed by atoms with E-state index in [-0.39, 0.29) is 12.1 Å². The number of rotatable bonds is 8. The second kappa shape index (κ2) is 8.77. The predicted molar refractivity (Wildman–Crippen MR) is 76.2 cm³/mol. The molecule has 0 aromatic heterocycles. The molecule has 0 spiro atoms. The summed E-state index contributed by atoms with van der Waals surface area (Å²) < 4.78 is 0. The second-order valence-corrected chi connectivity index (χ2v) is 5.62. The summed E-state index contributed by atoms with van der Waals surface area (Å²) in [6.45, 7) is 10.6. The van der Waals surface area contributed by atoms with E-state index in [9.17, 15) is 9.59 Å². The van der Waals surface area contributed by atoms with Gasteiger partial charge in [-0.15, -0.1) is 0 Å². The monoisotopic (exact) mass is 272 g/mol. The number of amides is 2. The van der Waals surface area contributed by atoms with E-state index in [1.54, 1.807) is 4.90 Å². The molecule has 0 aliphatic rings. The maximum Gasteiger partial charge on any atom is 0.326 e. The number of hydrogen-bond donors (Lipinski definition) is 2. The summed E-state index contributed by atoms with van der Waals surface area (Å²) in [5.74, 6) is -0.609. The Balaban J connectivity index is 4.61. The molecule has 0 aliphatic carbocycles. The highest BCUT2D eigenvalue weighted by atomic mass is 16.4. The second-order valence-electron chi connectivity index (χ2n) is 5.62. The number of carboxylic acid groups (broad SMARTS) is 1. The lowest BCUT2D eigenvalue weighted by atomic mass is 10.1.